The molecule has 0 radical (unpaired) electrons. The average Bonchev–Trinajstić information content (AvgIpc) is 3.35. The summed E-state index contributed by atoms with van der Waals surface area (Å²) < 4.78 is 9.17. The van der Waals surface area contributed by atoms with Gasteiger partial charge in [-0.2, -0.15) is 0 Å². The lowest BCUT2D eigenvalue weighted by molar-refractivity contribution is 0.289. The van der Waals surface area contributed by atoms with E-state index in [-0.39, 0.29) is 0 Å². The van der Waals surface area contributed by atoms with E-state index in [2.05, 4.69) is 41.9 Å². The summed E-state index contributed by atoms with van der Waals surface area (Å²) in [5.74, 6) is 2.38. The zero-order chi connectivity index (χ0) is 20.1. The highest BCUT2D eigenvalue weighted by Gasteiger charge is 2.14. The Labute approximate surface area is 178 Å². The highest BCUT2D eigenvalue weighted by molar-refractivity contribution is 7.98. The van der Waals surface area contributed by atoms with E-state index in [1.807, 2.05) is 41.0 Å². The highest BCUT2D eigenvalue weighted by Crippen LogP contribution is 2.28. The van der Waals surface area contributed by atoms with Crippen molar-refractivity contribution in [1.82, 2.24) is 19.7 Å². The van der Waals surface area contributed by atoms with Crippen molar-refractivity contribution >= 4 is 33.3 Å². The molecule has 0 saturated carbocycles. The van der Waals surface area contributed by atoms with Crippen LogP contribution in [0.4, 0.5) is 0 Å². The van der Waals surface area contributed by atoms with Crippen LogP contribution in [0.25, 0.3) is 10.2 Å². The summed E-state index contributed by atoms with van der Waals surface area (Å²) >= 11 is 3.36. The van der Waals surface area contributed by atoms with Crippen molar-refractivity contribution in [2.75, 3.05) is 0 Å². The predicted molar refractivity (Wildman–Crippen MR) is 120 cm³/mol. The molecule has 2 aromatic heterocycles. The zero-order valence-electron chi connectivity index (χ0n) is 16.2. The number of aromatic nitrogens is 4. The van der Waals surface area contributed by atoms with Crippen molar-refractivity contribution < 1.29 is 4.74 Å². The summed E-state index contributed by atoms with van der Waals surface area (Å²) in [6, 6.07) is 16.4. The zero-order valence-corrected chi connectivity index (χ0v) is 17.9. The average molecular weight is 423 g/mol. The molecule has 2 heterocycles. The molecular weight excluding hydrogens is 400 g/mol. The van der Waals surface area contributed by atoms with Crippen molar-refractivity contribution in [3.05, 3.63) is 77.6 Å². The van der Waals surface area contributed by atoms with Crippen molar-refractivity contribution in [2.24, 2.45) is 0 Å². The monoisotopic (exact) mass is 422 g/mol. The quantitative estimate of drug-likeness (QED) is 0.263. The van der Waals surface area contributed by atoms with Gasteiger partial charge in [0.2, 0.25) is 0 Å². The van der Waals surface area contributed by atoms with Gasteiger partial charge in [-0.1, -0.05) is 49.0 Å². The normalized spacial score (nSPS) is 11.1. The number of ether oxygens (including phenoxy) is 1. The van der Waals surface area contributed by atoms with Crippen LogP contribution < -0.4 is 4.74 Å². The molecule has 0 saturated heterocycles. The number of nitrogens with zero attached hydrogens (tertiary/aromatic N) is 4. The first-order valence-corrected chi connectivity index (χ1v) is 11.3. The molecule has 0 N–H and O–H groups in total. The number of hydrogen-bond acceptors (Lipinski definition) is 6. The standard InChI is InChI=1S/C22H22N4OS2/c1-3-13-26-20(14-27-17-11-9-16(4-2)10-12-17)24-25-22(26)28-15-21-23-18-7-5-6-8-19(18)29-21/h3,5-12H,1,4,13-15H2,2H3. The molecule has 0 bridgehead atoms. The summed E-state index contributed by atoms with van der Waals surface area (Å²) in [5, 5.41) is 10.6. The van der Waals surface area contributed by atoms with E-state index in [0.717, 1.165) is 39.4 Å². The maximum absolute atomic E-state index is 5.92. The molecule has 2 aromatic carbocycles. The van der Waals surface area contributed by atoms with Crippen LogP contribution in [0, 0.1) is 0 Å². The molecule has 148 valence electrons. The van der Waals surface area contributed by atoms with E-state index < -0.39 is 0 Å². The Morgan fingerprint density at radius 2 is 1.97 bits per heavy atom. The molecule has 0 amide bonds. The van der Waals surface area contributed by atoms with Crippen molar-refractivity contribution in [3.63, 3.8) is 0 Å². The van der Waals surface area contributed by atoms with Gasteiger partial charge in [0.15, 0.2) is 11.0 Å². The summed E-state index contributed by atoms with van der Waals surface area (Å²) in [4.78, 5) is 4.70. The Morgan fingerprint density at radius 1 is 1.14 bits per heavy atom. The maximum atomic E-state index is 5.92. The van der Waals surface area contributed by atoms with Gasteiger partial charge in [-0.05, 0) is 36.2 Å². The minimum absolute atomic E-state index is 0.369. The Bertz CT molecular complexity index is 1070. The van der Waals surface area contributed by atoms with Crippen LogP contribution in [0.5, 0.6) is 5.75 Å². The predicted octanol–water partition coefficient (Wildman–Crippen LogP) is 5.51. The minimum Gasteiger partial charge on any atom is -0.486 e. The number of para-hydroxylation sites is 1. The van der Waals surface area contributed by atoms with Crippen LogP contribution >= 0.6 is 23.1 Å². The summed E-state index contributed by atoms with van der Waals surface area (Å²) in [6.07, 6.45) is 2.87. The van der Waals surface area contributed by atoms with Gasteiger partial charge in [-0.25, -0.2) is 4.98 Å². The molecule has 5 nitrogen and oxygen atoms in total. The van der Waals surface area contributed by atoms with Crippen LogP contribution in [0.2, 0.25) is 0 Å². The summed E-state index contributed by atoms with van der Waals surface area (Å²) in [7, 11) is 0. The fraction of sp³-hybridized carbons (Fsp3) is 0.227. The smallest absolute Gasteiger partial charge is 0.192 e. The van der Waals surface area contributed by atoms with Crippen molar-refractivity contribution in [2.45, 2.75) is 37.4 Å². The summed E-state index contributed by atoms with van der Waals surface area (Å²) in [6.45, 7) is 7.02. The Hall–Kier alpha value is -2.64. The fourth-order valence-corrected chi connectivity index (χ4v) is 4.85. The van der Waals surface area contributed by atoms with Crippen LogP contribution in [-0.4, -0.2) is 19.7 Å². The van der Waals surface area contributed by atoms with E-state index in [4.69, 9.17) is 9.72 Å². The lowest BCUT2D eigenvalue weighted by atomic mass is 10.2. The molecule has 0 aliphatic rings. The first-order chi connectivity index (χ1) is 14.3. The molecule has 7 heteroatoms. The van der Waals surface area contributed by atoms with Crippen molar-refractivity contribution in [3.8, 4) is 5.75 Å². The third-order valence-corrected chi connectivity index (χ3v) is 6.66. The van der Waals surface area contributed by atoms with Gasteiger partial charge < -0.3 is 4.74 Å². The summed E-state index contributed by atoms with van der Waals surface area (Å²) in [5.41, 5.74) is 2.34. The first-order valence-electron chi connectivity index (χ1n) is 9.48. The maximum Gasteiger partial charge on any atom is 0.192 e. The fourth-order valence-electron chi connectivity index (χ4n) is 2.92. The van der Waals surface area contributed by atoms with Gasteiger partial charge in [0.25, 0.3) is 0 Å². The Kier molecular flexibility index (Phi) is 6.27. The van der Waals surface area contributed by atoms with Gasteiger partial charge in [-0.15, -0.1) is 28.1 Å². The number of thioether (sulfide) groups is 1. The topological polar surface area (TPSA) is 52.8 Å². The number of hydrogen-bond donors (Lipinski definition) is 0. The van der Waals surface area contributed by atoms with E-state index in [1.165, 1.54) is 10.3 Å². The second kappa shape index (κ2) is 9.24. The molecule has 0 aliphatic heterocycles. The van der Waals surface area contributed by atoms with Crippen LogP contribution in [0.1, 0.15) is 23.3 Å². The van der Waals surface area contributed by atoms with Gasteiger partial charge in [-0.3, -0.25) is 4.57 Å². The van der Waals surface area contributed by atoms with Gasteiger partial charge in [0, 0.05) is 6.54 Å². The first kappa shape index (κ1) is 19.7. The van der Waals surface area contributed by atoms with Crippen molar-refractivity contribution in [1.29, 1.82) is 0 Å². The lowest BCUT2D eigenvalue weighted by Crippen LogP contribution is -2.07. The van der Waals surface area contributed by atoms with E-state index in [0.29, 0.717) is 13.2 Å². The second-order valence-corrected chi connectivity index (χ2v) is 8.51. The number of thiazole rings is 1. The lowest BCUT2D eigenvalue weighted by Gasteiger charge is -2.09. The number of fused-ring (bicyclic) bond motifs is 1. The Balaban J connectivity index is 1.44. The number of allylic oxidation sites excluding steroid dienone is 1. The van der Waals surface area contributed by atoms with Crippen LogP contribution in [-0.2, 0) is 25.3 Å². The third kappa shape index (κ3) is 4.68. The van der Waals surface area contributed by atoms with Gasteiger partial charge in [0.05, 0.1) is 16.0 Å². The highest BCUT2D eigenvalue weighted by atomic mass is 32.2. The molecule has 29 heavy (non-hydrogen) atoms. The van der Waals surface area contributed by atoms with E-state index >= 15 is 0 Å². The SMILES string of the molecule is C=CCn1c(COc2ccc(CC)cc2)nnc1SCc1nc2ccccc2s1. The van der Waals surface area contributed by atoms with Crippen LogP contribution in [0.15, 0.2) is 66.3 Å². The van der Waals surface area contributed by atoms with Crippen LogP contribution in [0.3, 0.4) is 0 Å². The number of benzene rings is 2. The Morgan fingerprint density at radius 3 is 2.72 bits per heavy atom. The van der Waals surface area contributed by atoms with Gasteiger partial charge >= 0.3 is 0 Å². The van der Waals surface area contributed by atoms with E-state index in [1.54, 1.807) is 23.1 Å². The molecule has 0 aliphatic carbocycles. The second-order valence-electron chi connectivity index (χ2n) is 6.45. The molecular formula is C22H22N4OS2. The van der Waals surface area contributed by atoms with Gasteiger partial charge in [0.1, 0.15) is 17.4 Å². The van der Waals surface area contributed by atoms with E-state index in [9.17, 15) is 0 Å². The third-order valence-electron chi connectivity index (χ3n) is 4.47. The minimum atomic E-state index is 0.369. The molecule has 4 rings (SSSR count). The number of rotatable bonds is 9. The molecule has 0 fully saturated rings. The molecule has 0 unspecified atom stereocenters. The largest absolute Gasteiger partial charge is 0.486 e. The molecule has 4 aromatic rings. The molecule has 0 atom stereocenters. The molecule has 0 spiro atoms. The number of aryl methyl sites for hydroxylation is 1.